The molecule has 0 saturated carbocycles. The van der Waals surface area contributed by atoms with E-state index in [2.05, 4.69) is 65.8 Å². The Hall–Kier alpha value is -1.61. The maximum atomic E-state index is 10.8. The third kappa shape index (κ3) is 9.57. The number of hydrogen-bond acceptors (Lipinski definition) is 3. The van der Waals surface area contributed by atoms with Gasteiger partial charge < -0.3 is 14.6 Å². The van der Waals surface area contributed by atoms with E-state index in [-0.39, 0.29) is 17.1 Å². The molecule has 1 saturated heterocycles. The van der Waals surface area contributed by atoms with Crippen LogP contribution in [0.1, 0.15) is 138 Å². The van der Waals surface area contributed by atoms with Gasteiger partial charge in [0, 0.05) is 11.9 Å². The molecule has 0 aromatic rings. The number of ether oxygens (including phenoxy) is 1. The van der Waals surface area contributed by atoms with Crippen LogP contribution in [0.25, 0.3) is 0 Å². The van der Waals surface area contributed by atoms with Crippen molar-refractivity contribution in [1.82, 2.24) is 0 Å². The standard InChI is InChI=1S/C34H56O3/c1-8-9-10-11-24-34-30(6)28(4)20-21-31(34)22-25-33(7,37-34)23-14-18-27(3)16-12-15-26(2)17-13-19-29(5)32(35)36/h16-17,20-21,29-30H,8-15,18-19,22-25H2,1-7H3,(H,35,36)/p-1/b26-17+,27-16+. The van der Waals surface area contributed by atoms with Crippen molar-refractivity contribution in [2.45, 2.75) is 150 Å². The highest BCUT2D eigenvalue weighted by Crippen LogP contribution is 2.51. The molecule has 37 heavy (non-hydrogen) atoms. The van der Waals surface area contributed by atoms with E-state index in [9.17, 15) is 9.90 Å². The topological polar surface area (TPSA) is 49.4 Å². The smallest absolute Gasteiger partial charge is 0.0964 e. The predicted octanol–water partition coefficient (Wildman–Crippen LogP) is 8.80. The molecule has 1 heterocycles. The van der Waals surface area contributed by atoms with Crippen molar-refractivity contribution in [2.75, 3.05) is 0 Å². The molecule has 4 atom stereocenters. The second-order valence-electron chi connectivity index (χ2n) is 12.4. The maximum absolute atomic E-state index is 10.8. The fourth-order valence-electron chi connectivity index (χ4n) is 6.11. The molecule has 3 heteroatoms. The van der Waals surface area contributed by atoms with Crippen molar-refractivity contribution in [3.8, 4) is 0 Å². The van der Waals surface area contributed by atoms with Gasteiger partial charge in [-0.05, 0) is 103 Å². The molecule has 0 N–H and O–H groups in total. The molecule has 2 rings (SSSR count). The zero-order valence-corrected chi connectivity index (χ0v) is 25.1. The van der Waals surface area contributed by atoms with E-state index in [4.69, 9.17) is 4.74 Å². The van der Waals surface area contributed by atoms with Crippen LogP contribution in [0.15, 0.2) is 46.6 Å². The summed E-state index contributed by atoms with van der Waals surface area (Å²) in [5.41, 5.74) is 5.66. The number of aliphatic carboxylic acids is 1. The number of allylic oxidation sites excluding steroid dienone is 6. The molecular weight excluding hydrogens is 456 g/mol. The van der Waals surface area contributed by atoms with Gasteiger partial charge in [-0.25, -0.2) is 0 Å². The molecule has 0 radical (unpaired) electrons. The summed E-state index contributed by atoms with van der Waals surface area (Å²) < 4.78 is 7.22. The van der Waals surface area contributed by atoms with E-state index in [0.29, 0.717) is 12.3 Å². The summed E-state index contributed by atoms with van der Waals surface area (Å²) in [6.07, 6.45) is 24.9. The number of carboxylic acid groups (broad SMARTS) is 1. The highest BCUT2D eigenvalue weighted by molar-refractivity contribution is 5.66. The van der Waals surface area contributed by atoms with Gasteiger partial charge in [0.1, 0.15) is 0 Å². The normalized spacial score (nSPS) is 27.4. The summed E-state index contributed by atoms with van der Waals surface area (Å²) in [6, 6.07) is 0. The molecule has 2 aliphatic rings. The van der Waals surface area contributed by atoms with Gasteiger partial charge in [0.2, 0.25) is 0 Å². The molecule has 0 aromatic carbocycles. The van der Waals surface area contributed by atoms with E-state index >= 15 is 0 Å². The maximum Gasteiger partial charge on any atom is 0.0964 e. The highest BCUT2D eigenvalue weighted by atomic mass is 16.5. The number of unbranched alkanes of at least 4 members (excludes halogenated alkanes) is 3. The molecular formula is C34H55O3-. The SMILES string of the molecule is CCCCCCC12OC(C)(CCC/C(C)=C/CC/C(C)=C/CCC(C)C(=O)[O-])CCC1=CC=C(C)C2C. The van der Waals surface area contributed by atoms with Crippen LogP contribution < -0.4 is 5.11 Å². The van der Waals surface area contributed by atoms with Crippen LogP contribution in [0.3, 0.4) is 0 Å². The van der Waals surface area contributed by atoms with Crippen LogP contribution in [0.5, 0.6) is 0 Å². The van der Waals surface area contributed by atoms with E-state index in [1.54, 1.807) is 6.92 Å². The van der Waals surface area contributed by atoms with Crippen molar-refractivity contribution in [2.24, 2.45) is 11.8 Å². The molecule has 3 nitrogen and oxygen atoms in total. The molecule has 0 aromatic heterocycles. The van der Waals surface area contributed by atoms with Gasteiger partial charge >= 0.3 is 0 Å². The Bertz CT molecular complexity index is 860. The van der Waals surface area contributed by atoms with Crippen molar-refractivity contribution >= 4 is 5.97 Å². The average molecular weight is 512 g/mol. The first-order valence-corrected chi connectivity index (χ1v) is 15.1. The minimum absolute atomic E-state index is 0.0454. The van der Waals surface area contributed by atoms with Crippen LogP contribution in [0.4, 0.5) is 0 Å². The number of carbonyl (C=O) groups is 1. The number of carboxylic acids is 1. The van der Waals surface area contributed by atoms with Crippen molar-refractivity contribution < 1.29 is 14.6 Å². The summed E-state index contributed by atoms with van der Waals surface area (Å²) in [6.45, 7) is 15.5. The van der Waals surface area contributed by atoms with Gasteiger partial charge in [-0.2, -0.15) is 0 Å². The Balaban J connectivity index is 1.86. The van der Waals surface area contributed by atoms with Gasteiger partial charge in [0.15, 0.2) is 0 Å². The van der Waals surface area contributed by atoms with Crippen molar-refractivity contribution in [1.29, 1.82) is 0 Å². The lowest BCUT2D eigenvalue weighted by molar-refractivity contribution is -0.311. The van der Waals surface area contributed by atoms with E-state index < -0.39 is 5.97 Å². The van der Waals surface area contributed by atoms with Gasteiger partial charge in [-0.3, -0.25) is 0 Å². The summed E-state index contributed by atoms with van der Waals surface area (Å²) in [4.78, 5) is 10.8. The first-order chi connectivity index (χ1) is 17.5. The van der Waals surface area contributed by atoms with Crippen LogP contribution in [-0.4, -0.2) is 17.2 Å². The van der Waals surface area contributed by atoms with E-state index in [0.717, 1.165) is 44.9 Å². The first-order valence-electron chi connectivity index (χ1n) is 15.1. The number of fused-ring (bicyclic) bond motifs is 1. The lowest BCUT2D eigenvalue weighted by Gasteiger charge is -2.53. The summed E-state index contributed by atoms with van der Waals surface area (Å²) in [7, 11) is 0. The molecule has 1 fully saturated rings. The molecule has 210 valence electrons. The lowest BCUT2D eigenvalue weighted by atomic mass is 9.67. The summed E-state index contributed by atoms with van der Waals surface area (Å²) in [5.74, 6) is -0.867. The van der Waals surface area contributed by atoms with Crippen molar-refractivity contribution in [3.05, 3.63) is 46.6 Å². The Morgan fingerprint density at radius 1 is 1.08 bits per heavy atom. The largest absolute Gasteiger partial charge is 0.550 e. The molecule has 0 spiro atoms. The molecule has 0 bridgehead atoms. The van der Waals surface area contributed by atoms with Gasteiger partial charge in [0.05, 0.1) is 11.2 Å². The van der Waals surface area contributed by atoms with E-state index in [1.165, 1.54) is 60.8 Å². The molecule has 1 aliphatic heterocycles. The third-order valence-electron chi connectivity index (χ3n) is 9.03. The number of rotatable bonds is 16. The first kappa shape index (κ1) is 31.6. The van der Waals surface area contributed by atoms with Gasteiger partial charge in [-0.15, -0.1) is 0 Å². The Morgan fingerprint density at radius 2 is 1.78 bits per heavy atom. The molecule has 4 unspecified atom stereocenters. The number of hydrogen-bond donors (Lipinski definition) is 0. The molecule has 0 amide bonds. The quantitative estimate of drug-likeness (QED) is 0.154. The van der Waals surface area contributed by atoms with Gasteiger partial charge in [0.25, 0.3) is 0 Å². The second-order valence-corrected chi connectivity index (χ2v) is 12.4. The second kappa shape index (κ2) is 15.1. The Labute approximate surface area is 228 Å². The van der Waals surface area contributed by atoms with Gasteiger partial charge in [-0.1, -0.05) is 87.5 Å². The zero-order chi connectivity index (χ0) is 27.5. The average Bonchev–Trinajstić information content (AvgIpc) is 2.84. The number of carbonyl (C=O) groups excluding carboxylic acids is 1. The summed E-state index contributed by atoms with van der Waals surface area (Å²) >= 11 is 0. The van der Waals surface area contributed by atoms with Crippen LogP contribution in [-0.2, 0) is 9.53 Å². The monoisotopic (exact) mass is 511 g/mol. The van der Waals surface area contributed by atoms with Crippen LogP contribution in [0, 0.1) is 11.8 Å². The van der Waals surface area contributed by atoms with Crippen LogP contribution in [0.2, 0.25) is 0 Å². The minimum Gasteiger partial charge on any atom is -0.550 e. The third-order valence-corrected chi connectivity index (χ3v) is 9.03. The highest BCUT2D eigenvalue weighted by Gasteiger charge is 2.50. The predicted molar refractivity (Wildman–Crippen MR) is 155 cm³/mol. The fourth-order valence-corrected chi connectivity index (χ4v) is 6.11. The Morgan fingerprint density at radius 3 is 2.49 bits per heavy atom. The van der Waals surface area contributed by atoms with Crippen LogP contribution >= 0.6 is 0 Å². The molecule has 1 aliphatic carbocycles. The lowest BCUT2D eigenvalue weighted by Crippen LogP contribution is -2.53. The van der Waals surface area contributed by atoms with Crippen molar-refractivity contribution in [3.63, 3.8) is 0 Å². The Kier molecular flexibility index (Phi) is 12.9. The fraction of sp³-hybridized carbons (Fsp3) is 0.735. The summed E-state index contributed by atoms with van der Waals surface area (Å²) in [5, 5.41) is 10.8. The minimum atomic E-state index is -0.948. The van der Waals surface area contributed by atoms with E-state index in [1.807, 2.05) is 0 Å². The zero-order valence-electron chi connectivity index (χ0n) is 25.1.